The van der Waals surface area contributed by atoms with Gasteiger partial charge in [-0.25, -0.2) is 0 Å². The van der Waals surface area contributed by atoms with Gasteiger partial charge in [-0.2, -0.15) is 5.10 Å². The van der Waals surface area contributed by atoms with Crippen molar-refractivity contribution >= 4 is 43.7 Å². The van der Waals surface area contributed by atoms with Crippen LogP contribution in [0.4, 0.5) is 0 Å². The minimum atomic E-state index is -0.170. The Morgan fingerprint density at radius 1 is 0.929 bits per heavy atom. The van der Waals surface area contributed by atoms with Gasteiger partial charge < -0.3 is 14.2 Å². The van der Waals surface area contributed by atoms with Crippen molar-refractivity contribution in [2.45, 2.75) is 0 Å². The highest BCUT2D eigenvalue weighted by Crippen LogP contribution is 2.21. The smallest absolute Gasteiger partial charge is 0.289 e. The Hall–Kier alpha value is -2.39. The van der Waals surface area contributed by atoms with Crippen LogP contribution in [-0.2, 0) is 0 Å². The van der Waals surface area contributed by atoms with Crippen LogP contribution in [0.1, 0.15) is 21.0 Å². The van der Waals surface area contributed by atoms with Crippen LogP contribution in [0, 0.1) is 0 Å². The Balaban J connectivity index is 1.39. The van der Waals surface area contributed by atoms with E-state index in [0.717, 1.165) is 10.0 Å². The summed E-state index contributed by atoms with van der Waals surface area (Å²) in [6.45, 7) is 1.82. The Morgan fingerprint density at radius 2 is 1.57 bits per heavy atom. The number of carbonyl (C=O) groups excluding carboxylic acids is 2. The van der Waals surface area contributed by atoms with Gasteiger partial charge in [0.1, 0.15) is 5.69 Å². The number of hydrogen-bond donors (Lipinski definition) is 1. The standard InChI is InChI=1S/C19H16Br2N4O3/c20-13-3-1-12(2-4-13)14-11-15(23-22-14)18(26)24-7-9-25(10-8-24)19(27)16-5-6-17(21)28-16/h1-6,11H,7-10H2,(H,22,23). The average Bonchev–Trinajstić information content (AvgIpc) is 3.37. The normalized spacial score (nSPS) is 14.4. The zero-order chi connectivity index (χ0) is 19.7. The molecule has 2 aromatic heterocycles. The van der Waals surface area contributed by atoms with Gasteiger partial charge in [-0.1, -0.05) is 28.1 Å². The van der Waals surface area contributed by atoms with Crippen LogP contribution >= 0.6 is 31.9 Å². The molecule has 28 heavy (non-hydrogen) atoms. The molecule has 0 saturated carbocycles. The second kappa shape index (κ2) is 7.92. The molecule has 0 aliphatic carbocycles. The number of amides is 2. The summed E-state index contributed by atoms with van der Waals surface area (Å²) in [4.78, 5) is 28.6. The second-order valence-electron chi connectivity index (χ2n) is 6.36. The van der Waals surface area contributed by atoms with Gasteiger partial charge in [-0.15, -0.1) is 0 Å². The van der Waals surface area contributed by atoms with E-state index >= 15 is 0 Å². The van der Waals surface area contributed by atoms with Crippen molar-refractivity contribution < 1.29 is 14.0 Å². The molecule has 0 radical (unpaired) electrons. The van der Waals surface area contributed by atoms with E-state index in [1.807, 2.05) is 24.3 Å². The average molecular weight is 508 g/mol. The molecule has 2 amide bonds. The molecule has 1 aromatic carbocycles. The summed E-state index contributed by atoms with van der Waals surface area (Å²) in [6.07, 6.45) is 0. The summed E-state index contributed by atoms with van der Waals surface area (Å²) >= 11 is 6.60. The summed E-state index contributed by atoms with van der Waals surface area (Å²) in [5, 5.41) is 7.07. The van der Waals surface area contributed by atoms with Crippen LogP contribution in [0.2, 0.25) is 0 Å². The molecule has 9 heteroatoms. The molecule has 1 N–H and O–H groups in total. The maximum atomic E-state index is 12.8. The highest BCUT2D eigenvalue weighted by molar-refractivity contribution is 9.10. The highest BCUT2D eigenvalue weighted by atomic mass is 79.9. The quantitative estimate of drug-likeness (QED) is 0.584. The van der Waals surface area contributed by atoms with Gasteiger partial charge in [0.05, 0.1) is 5.69 Å². The molecule has 1 saturated heterocycles. The molecule has 3 heterocycles. The van der Waals surface area contributed by atoms with Crippen molar-refractivity contribution in [1.82, 2.24) is 20.0 Å². The second-order valence-corrected chi connectivity index (χ2v) is 8.06. The Kier molecular flexibility index (Phi) is 5.36. The molecular weight excluding hydrogens is 492 g/mol. The molecule has 3 aromatic rings. The molecule has 0 unspecified atom stereocenters. The Morgan fingerprint density at radius 3 is 2.18 bits per heavy atom. The van der Waals surface area contributed by atoms with Gasteiger partial charge in [-0.05, 0) is 46.3 Å². The molecule has 0 spiro atoms. The van der Waals surface area contributed by atoms with Crippen molar-refractivity contribution in [2.24, 2.45) is 0 Å². The van der Waals surface area contributed by atoms with E-state index in [2.05, 4.69) is 42.1 Å². The number of halogens is 2. The lowest BCUT2D eigenvalue weighted by Crippen LogP contribution is -2.50. The molecule has 144 valence electrons. The third kappa shape index (κ3) is 3.90. The van der Waals surface area contributed by atoms with E-state index in [9.17, 15) is 9.59 Å². The fourth-order valence-corrected chi connectivity index (χ4v) is 3.64. The monoisotopic (exact) mass is 506 g/mol. The van der Waals surface area contributed by atoms with Crippen LogP contribution in [0.25, 0.3) is 11.3 Å². The Bertz CT molecular complexity index is 1000. The highest BCUT2D eigenvalue weighted by Gasteiger charge is 2.27. The maximum absolute atomic E-state index is 12.8. The molecule has 0 atom stereocenters. The minimum absolute atomic E-state index is 0.122. The molecule has 4 rings (SSSR count). The van der Waals surface area contributed by atoms with Gasteiger partial charge in [-0.3, -0.25) is 14.7 Å². The lowest BCUT2D eigenvalue weighted by molar-refractivity contribution is 0.0514. The van der Waals surface area contributed by atoms with E-state index in [4.69, 9.17) is 4.42 Å². The minimum Gasteiger partial charge on any atom is -0.444 e. The van der Waals surface area contributed by atoms with Crippen molar-refractivity contribution in [3.05, 3.63) is 63.1 Å². The molecule has 7 nitrogen and oxygen atoms in total. The molecular formula is C19H16Br2N4O3. The predicted molar refractivity (Wildman–Crippen MR) is 110 cm³/mol. The van der Waals surface area contributed by atoms with Crippen molar-refractivity contribution in [1.29, 1.82) is 0 Å². The van der Waals surface area contributed by atoms with E-state index in [1.54, 1.807) is 28.0 Å². The predicted octanol–water partition coefficient (Wildman–Crippen LogP) is 3.79. The van der Waals surface area contributed by atoms with Gasteiger partial charge in [0.2, 0.25) is 0 Å². The number of aromatic amines is 1. The fraction of sp³-hybridized carbons (Fsp3) is 0.211. The summed E-state index contributed by atoms with van der Waals surface area (Å²) in [5.74, 6) is -0.0000679. The summed E-state index contributed by atoms with van der Waals surface area (Å²) in [7, 11) is 0. The van der Waals surface area contributed by atoms with Crippen LogP contribution in [0.15, 0.2) is 56.0 Å². The number of carbonyl (C=O) groups is 2. The number of furan rings is 1. The zero-order valence-electron chi connectivity index (χ0n) is 14.7. The van der Waals surface area contributed by atoms with E-state index in [0.29, 0.717) is 48.0 Å². The SMILES string of the molecule is O=C(c1cc(-c2ccc(Br)cc2)n[nH]1)N1CCN(C(=O)c2ccc(Br)o2)CC1. The number of H-pyrrole nitrogens is 1. The van der Waals surface area contributed by atoms with Crippen LogP contribution in [0.5, 0.6) is 0 Å². The number of nitrogens with one attached hydrogen (secondary N) is 1. The summed E-state index contributed by atoms with van der Waals surface area (Å²) < 4.78 is 6.83. The van der Waals surface area contributed by atoms with Crippen molar-refractivity contribution in [3.63, 3.8) is 0 Å². The van der Waals surface area contributed by atoms with E-state index in [-0.39, 0.29) is 11.8 Å². The first-order chi connectivity index (χ1) is 13.5. The first kappa shape index (κ1) is 18.9. The van der Waals surface area contributed by atoms with E-state index < -0.39 is 0 Å². The molecule has 1 aliphatic heterocycles. The molecule has 0 bridgehead atoms. The topological polar surface area (TPSA) is 82.4 Å². The number of rotatable bonds is 3. The fourth-order valence-electron chi connectivity index (χ4n) is 3.07. The Labute approximate surface area is 177 Å². The lowest BCUT2D eigenvalue weighted by atomic mass is 10.1. The van der Waals surface area contributed by atoms with Crippen molar-refractivity contribution in [3.8, 4) is 11.3 Å². The summed E-state index contributed by atoms with van der Waals surface area (Å²) in [5.41, 5.74) is 2.08. The summed E-state index contributed by atoms with van der Waals surface area (Å²) in [6, 6.07) is 12.8. The van der Waals surface area contributed by atoms with Crippen LogP contribution in [-0.4, -0.2) is 58.0 Å². The van der Waals surface area contributed by atoms with Gasteiger partial charge >= 0.3 is 0 Å². The first-order valence-corrected chi connectivity index (χ1v) is 10.2. The van der Waals surface area contributed by atoms with Gasteiger partial charge in [0.25, 0.3) is 11.8 Å². The zero-order valence-corrected chi connectivity index (χ0v) is 17.9. The first-order valence-electron chi connectivity index (χ1n) is 8.66. The number of benzene rings is 1. The molecule has 1 fully saturated rings. The number of aromatic nitrogens is 2. The molecule has 1 aliphatic rings. The number of piperazine rings is 1. The van der Waals surface area contributed by atoms with Gasteiger partial charge in [0.15, 0.2) is 10.4 Å². The third-order valence-corrected chi connectivity index (χ3v) is 5.54. The van der Waals surface area contributed by atoms with Gasteiger partial charge in [0, 0.05) is 36.2 Å². The van der Waals surface area contributed by atoms with E-state index in [1.165, 1.54) is 0 Å². The third-order valence-electron chi connectivity index (χ3n) is 4.59. The van der Waals surface area contributed by atoms with Crippen molar-refractivity contribution in [2.75, 3.05) is 26.2 Å². The number of hydrogen-bond acceptors (Lipinski definition) is 4. The number of nitrogens with zero attached hydrogens (tertiary/aromatic N) is 3. The maximum Gasteiger partial charge on any atom is 0.289 e. The van der Waals surface area contributed by atoms with Crippen LogP contribution < -0.4 is 0 Å². The van der Waals surface area contributed by atoms with Crippen LogP contribution in [0.3, 0.4) is 0 Å². The lowest BCUT2D eigenvalue weighted by Gasteiger charge is -2.34. The largest absolute Gasteiger partial charge is 0.444 e.